The van der Waals surface area contributed by atoms with E-state index < -0.39 is 35.6 Å². The highest BCUT2D eigenvalue weighted by molar-refractivity contribution is 9.09. The Morgan fingerprint density at radius 1 is 1.27 bits per heavy atom. The number of carbonyl (C=O) groups is 3. The monoisotopic (exact) mass is 521 g/mol. The maximum atomic E-state index is 13.7. The highest BCUT2D eigenvalue weighted by atomic mass is 79.9. The third kappa shape index (κ3) is 4.08. The zero-order valence-corrected chi connectivity index (χ0v) is 20.6. The number of hydrogen-bond acceptors (Lipinski definition) is 5. The lowest BCUT2D eigenvalue weighted by atomic mass is 9.70. The average Bonchev–Trinajstić information content (AvgIpc) is 3.40. The summed E-state index contributed by atoms with van der Waals surface area (Å²) in [6.45, 7) is 4.03. The molecule has 1 aromatic carbocycles. The summed E-state index contributed by atoms with van der Waals surface area (Å²) < 4.78 is 6.41. The van der Waals surface area contributed by atoms with Gasteiger partial charge in [0.05, 0.1) is 30.6 Å². The molecule has 3 aliphatic rings. The second-order valence-electron chi connectivity index (χ2n) is 9.29. The average molecular weight is 522 g/mol. The number of aliphatic hydroxyl groups is 1. The number of nitrogens with zero attached hydrogens (tertiary/aromatic N) is 1. The highest BCUT2D eigenvalue weighted by Crippen LogP contribution is 2.60. The molecule has 2 bridgehead atoms. The highest BCUT2D eigenvalue weighted by Gasteiger charge is 2.76. The van der Waals surface area contributed by atoms with Gasteiger partial charge >= 0.3 is 0 Å². The van der Waals surface area contributed by atoms with Crippen molar-refractivity contribution >= 4 is 39.3 Å². The number of alkyl halides is 1. The molecular formula is C24H32BrN3O5. The Hall–Kier alpha value is -1.97. The van der Waals surface area contributed by atoms with Gasteiger partial charge in [0.15, 0.2) is 0 Å². The number of para-hydroxylation sites is 1. The zero-order valence-electron chi connectivity index (χ0n) is 19.0. The number of unbranched alkanes of at least 4 members (excludes halogenated alkanes) is 2. The summed E-state index contributed by atoms with van der Waals surface area (Å²) in [7, 11) is 0. The van der Waals surface area contributed by atoms with Crippen LogP contribution in [0.5, 0.6) is 0 Å². The molecule has 3 unspecified atom stereocenters. The topological polar surface area (TPSA) is 108 Å². The van der Waals surface area contributed by atoms with Crippen molar-refractivity contribution in [1.82, 2.24) is 10.2 Å². The van der Waals surface area contributed by atoms with Crippen LogP contribution >= 0.6 is 15.9 Å². The molecule has 0 radical (unpaired) electrons. The van der Waals surface area contributed by atoms with E-state index in [1.165, 1.54) is 4.90 Å². The molecule has 3 saturated heterocycles. The molecule has 3 heterocycles. The third-order valence-corrected chi connectivity index (χ3v) is 7.98. The second-order valence-corrected chi connectivity index (χ2v) is 10.5. The Labute approximate surface area is 202 Å². The predicted octanol–water partition coefficient (Wildman–Crippen LogP) is 2.06. The number of nitrogens with one attached hydrogen (secondary N) is 2. The number of halogens is 1. The van der Waals surface area contributed by atoms with Crippen LogP contribution in [0.3, 0.4) is 0 Å². The Kier molecular flexibility index (Phi) is 7.12. The zero-order chi connectivity index (χ0) is 23.8. The molecule has 3 amide bonds. The van der Waals surface area contributed by atoms with Crippen LogP contribution in [0.4, 0.5) is 5.69 Å². The molecule has 1 aromatic rings. The molecule has 7 atom stereocenters. The van der Waals surface area contributed by atoms with Crippen LogP contribution in [0.25, 0.3) is 0 Å². The molecule has 3 aliphatic heterocycles. The molecule has 1 spiro atoms. The summed E-state index contributed by atoms with van der Waals surface area (Å²) in [5.41, 5.74) is -0.464. The summed E-state index contributed by atoms with van der Waals surface area (Å²) in [6.07, 6.45) is 2.82. The van der Waals surface area contributed by atoms with Gasteiger partial charge in [-0.1, -0.05) is 53.9 Å². The van der Waals surface area contributed by atoms with Crippen molar-refractivity contribution in [3.05, 3.63) is 30.3 Å². The minimum atomic E-state index is -1.10. The molecule has 3 N–H and O–H groups in total. The number of ether oxygens (including phenoxy) is 1. The fourth-order valence-electron chi connectivity index (χ4n) is 5.66. The lowest BCUT2D eigenvalue weighted by Gasteiger charge is -2.35. The van der Waals surface area contributed by atoms with Gasteiger partial charge in [-0.3, -0.25) is 14.4 Å². The number of likely N-dealkylation sites (tertiary alicyclic amines) is 1. The van der Waals surface area contributed by atoms with Gasteiger partial charge in [-0.05, 0) is 31.9 Å². The van der Waals surface area contributed by atoms with Crippen molar-refractivity contribution in [3.8, 4) is 0 Å². The molecule has 9 heteroatoms. The summed E-state index contributed by atoms with van der Waals surface area (Å²) in [4.78, 5) is 41.8. The largest absolute Gasteiger partial charge is 0.394 e. The summed E-state index contributed by atoms with van der Waals surface area (Å²) in [5.74, 6) is -2.40. The first-order chi connectivity index (χ1) is 15.9. The first-order valence-corrected chi connectivity index (χ1v) is 12.7. The number of benzene rings is 1. The number of hydrogen-bond donors (Lipinski definition) is 3. The van der Waals surface area contributed by atoms with Gasteiger partial charge < -0.3 is 25.4 Å². The molecule has 4 rings (SSSR count). The molecule has 0 aliphatic carbocycles. The standard InChI is InChI=1S/C24H32BrN3O5/c1-3-4-8-11-26-22(31)20-24-12-16(25)19(33-24)17(18(24)23(32)28(20)14(2)13-29)21(30)27-15-9-6-5-7-10-15/h5-7,9-10,14,16-20,29H,3-4,8,11-13H2,1-2H3,(H,26,31)(H,27,30)/t14-,16?,17-,18+,19-,20?,24?/m1/s1. The number of aliphatic hydroxyl groups excluding tert-OH is 1. The number of rotatable bonds is 9. The van der Waals surface area contributed by atoms with E-state index in [1.54, 1.807) is 19.1 Å². The van der Waals surface area contributed by atoms with E-state index in [4.69, 9.17) is 4.74 Å². The number of anilines is 1. The van der Waals surface area contributed by atoms with E-state index in [9.17, 15) is 19.5 Å². The number of amides is 3. The van der Waals surface area contributed by atoms with Crippen LogP contribution in [0, 0.1) is 11.8 Å². The van der Waals surface area contributed by atoms with Crippen molar-refractivity contribution in [2.75, 3.05) is 18.5 Å². The van der Waals surface area contributed by atoms with E-state index in [2.05, 4.69) is 33.5 Å². The Bertz CT molecular complexity index is 899. The molecule has 3 fully saturated rings. The van der Waals surface area contributed by atoms with Gasteiger partial charge in [-0.2, -0.15) is 0 Å². The van der Waals surface area contributed by atoms with E-state index in [0.29, 0.717) is 18.7 Å². The van der Waals surface area contributed by atoms with Gasteiger partial charge in [-0.25, -0.2) is 0 Å². The summed E-state index contributed by atoms with van der Waals surface area (Å²) >= 11 is 3.65. The van der Waals surface area contributed by atoms with Crippen LogP contribution < -0.4 is 10.6 Å². The van der Waals surface area contributed by atoms with Gasteiger partial charge in [0.2, 0.25) is 17.7 Å². The van der Waals surface area contributed by atoms with Crippen LogP contribution in [0.2, 0.25) is 0 Å². The predicted molar refractivity (Wildman–Crippen MR) is 127 cm³/mol. The molecular weight excluding hydrogens is 490 g/mol. The summed E-state index contributed by atoms with van der Waals surface area (Å²) in [6, 6.07) is 7.62. The molecule has 0 aromatic heterocycles. The smallest absolute Gasteiger partial charge is 0.245 e. The molecule has 0 saturated carbocycles. The first-order valence-electron chi connectivity index (χ1n) is 11.7. The van der Waals surface area contributed by atoms with Crippen molar-refractivity contribution in [2.45, 2.75) is 68.1 Å². The van der Waals surface area contributed by atoms with E-state index in [0.717, 1.165) is 19.3 Å². The van der Waals surface area contributed by atoms with Crippen LogP contribution in [-0.2, 0) is 19.1 Å². The van der Waals surface area contributed by atoms with Gasteiger partial charge in [0.1, 0.15) is 11.6 Å². The van der Waals surface area contributed by atoms with Gasteiger partial charge in [0, 0.05) is 17.1 Å². The Morgan fingerprint density at radius 2 is 2.00 bits per heavy atom. The Morgan fingerprint density at radius 3 is 2.67 bits per heavy atom. The summed E-state index contributed by atoms with van der Waals surface area (Å²) in [5, 5.41) is 15.7. The fraction of sp³-hybridized carbons (Fsp3) is 0.625. The molecule has 33 heavy (non-hydrogen) atoms. The normalized spacial score (nSPS) is 33.2. The van der Waals surface area contributed by atoms with E-state index >= 15 is 0 Å². The van der Waals surface area contributed by atoms with E-state index in [1.807, 2.05) is 18.2 Å². The quantitative estimate of drug-likeness (QED) is 0.340. The number of carbonyl (C=O) groups excluding carboxylic acids is 3. The lowest BCUT2D eigenvalue weighted by molar-refractivity contribution is -0.144. The second kappa shape index (κ2) is 9.72. The fourth-order valence-corrected chi connectivity index (χ4v) is 6.60. The van der Waals surface area contributed by atoms with Gasteiger partial charge in [-0.15, -0.1) is 0 Å². The minimum absolute atomic E-state index is 0.159. The first kappa shape index (κ1) is 24.2. The maximum absolute atomic E-state index is 13.7. The van der Waals surface area contributed by atoms with Crippen molar-refractivity contribution < 1.29 is 24.2 Å². The lowest BCUT2D eigenvalue weighted by Crippen LogP contribution is -2.57. The minimum Gasteiger partial charge on any atom is -0.394 e. The van der Waals surface area contributed by atoms with Crippen LogP contribution in [-0.4, -0.2) is 69.5 Å². The maximum Gasteiger partial charge on any atom is 0.245 e. The van der Waals surface area contributed by atoms with Crippen LogP contribution in [0.1, 0.15) is 39.5 Å². The van der Waals surface area contributed by atoms with E-state index in [-0.39, 0.29) is 29.2 Å². The molecule has 180 valence electrons. The van der Waals surface area contributed by atoms with Crippen molar-refractivity contribution in [3.63, 3.8) is 0 Å². The number of fused-ring (bicyclic) bond motifs is 1. The van der Waals surface area contributed by atoms with Gasteiger partial charge in [0.25, 0.3) is 0 Å². The SMILES string of the molecule is CCCCCNC(=O)C1N([C@H](C)CO)C(=O)[C@@H]2[C@@H](C(=O)Nc3ccccc3)[C@@H]3OC12CC3Br. The van der Waals surface area contributed by atoms with Crippen LogP contribution in [0.15, 0.2) is 30.3 Å². The van der Waals surface area contributed by atoms with Crippen molar-refractivity contribution in [1.29, 1.82) is 0 Å². The molecule has 8 nitrogen and oxygen atoms in total. The Balaban J connectivity index is 1.65. The third-order valence-electron chi connectivity index (χ3n) is 7.14. The van der Waals surface area contributed by atoms with Crippen molar-refractivity contribution in [2.24, 2.45) is 11.8 Å².